The number of carbonyl (C=O) groups excluding carboxylic acids is 1. The van der Waals surface area contributed by atoms with Gasteiger partial charge in [0.1, 0.15) is 43.5 Å². The number of carboxylic acid groups (broad SMARTS) is 1. The highest BCUT2D eigenvalue weighted by Gasteiger charge is 2.32. The van der Waals surface area contributed by atoms with Crippen molar-refractivity contribution in [1.82, 2.24) is 10.3 Å². The zero-order valence-electron chi connectivity index (χ0n) is 27.4. The van der Waals surface area contributed by atoms with Crippen molar-refractivity contribution in [1.29, 1.82) is 0 Å². The first-order valence-electron chi connectivity index (χ1n) is 15.6. The van der Waals surface area contributed by atoms with Crippen LogP contribution in [0.1, 0.15) is 36.1 Å². The number of halogens is 1. The number of benzene rings is 3. The molecular weight excluding hydrogens is 654 g/mol. The molecule has 1 aromatic heterocycles. The summed E-state index contributed by atoms with van der Waals surface area (Å²) >= 11 is 6.70. The van der Waals surface area contributed by atoms with Crippen LogP contribution >= 0.6 is 11.6 Å². The number of aliphatic carboxylic acids is 1. The van der Waals surface area contributed by atoms with E-state index in [1.165, 1.54) is 13.1 Å². The summed E-state index contributed by atoms with van der Waals surface area (Å²) in [5, 5.41) is 25.2. The van der Waals surface area contributed by atoms with E-state index in [1.54, 1.807) is 31.3 Å². The van der Waals surface area contributed by atoms with Gasteiger partial charge in [-0.25, -0.2) is 4.79 Å². The number of amides is 1. The molecule has 4 aromatic rings. The van der Waals surface area contributed by atoms with Crippen LogP contribution in [0.4, 0.5) is 10.5 Å². The standard InChI is InChI=1S/C36H38ClN3O9/c1-4-45-35(44)40-27-12-23(16-38-18-27)19-48-31-15-32(29(37)13-26(31)17-39-36(3,21-41)34(42)43)49-20-25-6-5-7-28(22(25)2)24-8-9-30-33(14-24)47-11-10-46-30/h5-9,12-16,18,39,41H,4,10-11,17,19-21H2,1-3H3,(H,40,44)(H,42,43). The Labute approximate surface area is 288 Å². The smallest absolute Gasteiger partial charge is 0.411 e. The van der Waals surface area contributed by atoms with Gasteiger partial charge < -0.3 is 33.9 Å². The van der Waals surface area contributed by atoms with Crippen LogP contribution in [0.25, 0.3) is 11.1 Å². The van der Waals surface area contributed by atoms with Crippen molar-refractivity contribution in [2.45, 2.75) is 46.1 Å². The third kappa shape index (κ3) is 8.71. The highest BCUT2D eigenvalue weighted by atomic mass is 35.5. The summed E-state index contributed by atoms with van der Waals surface area (Å²) in [5.74, 6) is 0.930. The molecule has 258 valence electrons. The van der Waals surface area contributed by atoms with Gasteiger partial charge in [0.2, 0.25) is 0 Å². The van der Waals surface area contributed by atoms with Crippen LogP contribution in [0.5, 0.6) is 23.0 Å². The maximum atomic E-state index is 11.9. The molecule has 1 amide bonds. The molecular formula is C36H38ClN3O9. The molecule has 12 nitrogen and oxygen atoms in total. The number of aliphatic hydroxyl groups excluding tert-OH is 1. The van der Waals surface area contributed by atoms with Crippen LogP contribution in [0.3, 0.4) is 0 Å². The van der Waals surface area contributed by atoms with E-state index in [9.17, 15) is 19.8 Å². The van der Waals surface area contributed by atoms with Gasteiger partial charge in [-0.05, 0) is 67.3 Å². The topological polar surface area (TPSA) is 158 Å². The molecule has 1 aliphatic rings. The number of pyridine rings is 1. The van der Waals surface area contributed by atoms with Gasteiger partial charge in [0.15, 0.2) is 11.5 Å². The molecule has 0 fully saturated rings. The summed E-state index contributed by atoms with van der Waals surface area (Å²) in [6, 6.07) is 16.8. The Balaban J connectivity index is 1.37. The zero-order chi connectivity index (χ0) is 35.0. The molecule has 13 heteroatoms. The molecule has 1 aliphatic heterocycles. The van der Waals surface area contributed by atoms with E-state index in [4.69, 9.17) is 35.3 Å². The predicted molar refractivity (Wildman–Crippen MR) is 183 cm³/mol. The number of aromatic nitrogens is 1. The third-order valence-corrected chi connectivity index (χ3v) is 8.26. The molecule has 0 bridgehead atoms. The fourth-order valence-electron chi connectivity index (χ4n) is 5.05. The Morgan fingerprint density at radius 3 is 2.51 bits per heavy atom. The average molecular weight is 692 g/mol. The van der Waals surface area contributed by atoms with E-state index in [2.05, 4.69) is 15.6 Å². The number of fused-ring (bicyclic) bond motifs is 1. The summed E-state index contributed by atoms with van der Waals surface area (Å²) in [6.07, 6.45) is 2.47. The van der Waals surface area contributed by atoms with Gasteiger partial charge >= 0.3 is 12.1 Å². The third-order valence-electron chi connectivity index (χ3n) is 7.97. The quantitative estimate of drug-likeness (QED) is 0.121. The van der Waals surface area contributed by atoms with Gasteiger partial charge in [0.05, 0.1) is 30.1 Å². The Morgan fingerprint density at radius 2 is 1.76 bits per heavy atom. The number of ether oxygens (including phenoxy) is 5. The van der Waals surface area contributed by atoms with Crippen molar-refractivity contribution in [2.24, 2.45) is 0 Å². The minimum Gasteiger partial charge on any atom is -0.488 e. The van der Waals surface area contributed by atoms with Crippen molar-refractivity contribution >= 4 is 29.4 Å². The monoisotopic (exact) mass is 691 g/mol. The van der Waals surface area contributed by atoms with E-state index in [0.717, 1.165) is 28.0 Å². The highest BCUT2D eigenvalue weighted by Crippen LogP contribution is 2.37. The fraction of sp³-hybridized carbons (Fsp3) is 0.306. The van der Waals surface area contributed by atoms with Crippen molar-refractivity contribution in [3.8, 4) is 34.1 Å². The van der Waals surface area contributed by atoms with Crippen LogP contribution in [0.2, 0.25) is 5.02 Å². The van der Waals surface area contributed by atoms with Gasteiger partial charge in [-0.15, -0.1) is 0 Å². The fourth-order valence-corrected chi connectivity index (χ4v) is 5.29. The normalized spacial score (nSPS) is 13.2. The summed E-state index contributed by atoms with van der Waals surface area (Å²) in [7, 11) is 0. The summed E-state index contributed by atoms with van der Waals surface area (Å²) < 4.78 is 28.8. The first-order chi connectivity index (χ1) is 23.6. The Kier molecular flexibility index (Phi) is 11.4. The lowest BCUT2D eigenvalue weighted by Crippen LogP contribution is -2.52. The molecule has 4 N–H and O–H groups in total. The molecule has 0 spiro atoms. The molecule has 1 atom stereocenters. The molecule has 2 heterocycles. The lowest BCUT2D eigenvalue weighted by Gasteiger charge is -2.25. The molecule has 3 aromatic carbocycles. The first kappa shape index (κ1) is 35.3. The zero-order valence-corrected chi connectivity index (χ0v) is 28.1. The lowest BCUT2D eigenvalue weighted by atomic mass is 9.96. The average Bonchev–Trinajstić information content (AvgIpc) is 3.10. The minimum absolute atomic E-state index is 0.0120. The molecule has 1 unspecified atom stereocenters. The number of carbonyl (C=O) groups is 2. The van der Waals surface area contributed by atoms with E-state index in [1.807, 2.05) is 43.3 Å². The van der Waals surface area contributed by atoms with Gasteiger partial charge in [-0.1, -0.05) is 35.9 Å². The number of nitrogens with zero attached hydrogens (tertiary/aromatic N) is 1. The Morgan fingerprint density at radius 1 is 0.980 bits per heavy atom. The number of aliphatic hydroxyl groups is 1. The number of anilines is 1. The molecule has 0 saturated heterocycles. The summed E-state index contributed by atoms with van der Waals surface area (Å²) in [4.78, 5) is 27.9. The van der Waals surface area contributed by atoms with Crippen LogP contribution in [0.15, 0.2) is 67.0 Å². The van der Waals surface area contributed by atoms with Crippen molar-refractivity contribution in [3.05, 3.63) is 94.3 Å². The summed E-state index contributed by atoms with van der Waals surface area (Å²) in [5.41, 5.74) is 3.97. The van der Waals surface area contributed by atoms with Gasteiger partial charge in [-0.2, -0.15) is 0 Å². The van der Waals surface area contributed by atoms with E-state index >= 15 is 0 Å². The van der Waals surface area contributed by atoms with Crippen LogP contribution in [0, 0.1) is 6.92 Å². The summed E-state index contributed by atoms with van der Waals surface area (Å²) in [6.45, 7) is 5.98. The number of carboxylic acids is 1. The van der Waals surface area contributed by atoms with E-state index in [-0.39, 0.29) is 31.4 Å². The Bertz CT molecular complexity index is 1820. The molecule has 49 heavy (non-hydrogen) atoms. The molecule has 0 aliphatic carbocycles. The molecule has 0 radical (unpaired) electrons. The van der Waals surface area contributed by atoms with E-state index < -0.39 is 24.2 Å². The van der Waals surface area contributed by atoms with Crippen LogP contribution < -0.4 is 29.6 Å². The number of hydrogen-bond acceptors (Lipinski definition) is 10. The number of hydrogen-bond donors (Lipinski definition) is 4. The first-order valence-corrected chi connectivity index (χ1v) is 16.0. The Hall–Kier alpha value is -5.04. The van der Waals surface area contributed by atoms with Crippen molar-refractivity contribution < 1.29 is 43.5 Å². The van der Waals surface area contributed by atoms with Gasteiger partial charge in [-0.3, -0.25) is 20.4 Å². The van der Waals surface area contributed by atoms with Crippen LogP contribution in [-0.4, -0.2) is 59.2 Å². The lowest BCUT2D eigenvalue weighted by molar-refractivity contribution is -0.145. The molecule has 0 saturated carbocycles. The maximum Gasteiger partial charge on any atom is 0.411 e. The van der Waals surface area contributed by atoms with Crippen molar-refractivity contribution in [3.63, 3.8) is 0 Å². The predicted octanol–water partition coefficient (Wildman–Crippen LogP) is 6.13. The number of nitrogens with one attached hydrogen (secondary N) is 2. The highest BCUT2D eigenvalue weighted by molar-refractivity contribution is 6.32. The second-order valence-electron chi connectivity index (χ2n) is 11.5. The van der Waals surface area contributed by atoms with Gasteiger partial charge in [0.25, 0.3) is 0 Å². The second-order valence-corrected chi connectivity index (χ2v) is 11.9. The maximum absolute atomic E-state index is 11.9. The second kappa shape index (κ2) is 15.9. The SMILES string of the molecule is CCOC(=O)Nc1cncc(COc2cc(OCc3cccc(-c4ccc5c(c4)OCCO5)c3C)c(Cl)cc2CNC(C)(CO)C(=O)O)c1. The van der Waals surface area contributed by atoms with Crippen molar-refractivity contribution in [2.75, 3.05) is 31.7 Å². The van der Waals surface area contributed by atoms with Crippen LogP contribution in [-0.2, 0) is 29.3 Å². The largest absolute Gasteiger partial charge is 0.488 e. The van der Waals surface area contributed by atoms with Gasteiger partial charge in [0, 0.05) is 29.9 Å². The minimum atomic E-state index is -1.60. The van der Waals surface area contributed by atoms with E-state index in [0.29, 0.717) is 47.3 Å². The molecule has 5 rings (SSSR count). The number of rotatable bonds is 14.